The summed E-state index contributed by atoms with van der Waals surface area (Å²) in [4.78, 5) is 22.4. The van der Waals surface area contributed by atoms with Gasteiger partial charge in [-0.1, -0.05) is 25.2 Å². The van der Waals surface area contributed by atoms with Crippen LogP contribution in [0.5, 0.6) is 0 Å². The third kappa shape index (κ3) is 4.30. The van der Waals surface area contributed by atoms with Crippen molar-refractivity contribution in [1.29, 1.82) is 0 Å². The number of carbonyl (C=O) groups excluding carboxylic acids is 1. The van der Waals surface area contributed by atoms with Crippen molar-refractivity contribution in [2.24, 2.45) is 5.92 Å². The van der Waals surface area contributed by atoms with Crippen LogP contribution in [0.2, 0.25) is 0 Å². The minimum atomic E-state index is -0.0471. The number of carbonyl (C=O) groups is 1. The number of allylic oxidation sites excluding steroid dienone is 7. The third-order valence-electron chi connectivity index (χ3n) is 7.08. The monoisotopic (exact) mass is 455 g/mol. The Labute approximate surface area is 201 Å². The Hall–Kier alpha value is -3.25. The molecule has 0 bridgehead atoms. The van der Waals surface area contributed by atoms with Crippen molar-refractivity contribution in [2.45, 2.75) is 53.0 Å². The molecule has 0 N–H and O–H groups in total. The highest BCUT2D eigenvalue weighted by Gasteiger charge is 2.26. The number of rotatable bonds is 4. The van der Waals surface area contributed by atoms with Crippen molar-refractivity contribution >= 4 is 17.0 Å². The summed E-state index contributed by atoms with van der Waals surface area (Å²) in [6.07, 6.45) is 19.0. The molecule has 6 heteroatoms. The summed E-state index contributed by atoms with van der Waals surface area (Å²) in [6, 6.07) is 2.62. The number of likely N-dealkylation sites (tertiary alicyclic amines) is 1. The molecule has 1 amide bonds. The molecule has 3 aliphatic rings. The molecular weight excluding hydrogens is 422 g/mol. The van der Waals surface area contributed by atoms with Gasteiger partial charge in [0.25, 0.3) is 5.91 Å². The molecule has 5 rings (SSSR count). The fourth-order valence-corrected chi connectivity index (χ4v) is 5.09. The van der Waals surface area contributed by atoms with Gasteiger partial charge >= 0.3 is 0 Å². The highest BCUT2D eigenvalue weighted by atomic mass is 16.2. The largest absolute Gasteiger partial charge is 0.301 e. The van der Waals surface area contributed by atoms with Crippen LogP contribution in [-0.2, 0) is 11.2 Å². The zero-order valence-electron chi connectivity index (χ0n) is 20.5. The van der Waals surface area contributed by atoms with Gasteiger partial charge in [0.15, 0.2) is 0 Å². The van der Waals surface area contributed by atoms with Gasteiger partial charge in [-0.15, -0.1) is 0 Å². The van der Waals surface area contributed by atoms with Gasteiger partial charge in [0.05, 0.1) is 28.8 Å². The summed E-state index contributed by atoms with van der Waals surface area (Å²) in [5, 5.41) is 4.76. The number of piperidine rings is 1. The summed E-state index contributed by atoms with van der Waals surface area (Å²) in [6.45, 7) is 10.8. The van der Waals surface area contributed by atoms with Crippen LogP contribution in [0.1, 0.15) is 50.7 Å². The molecule has 5 heterocycles. The molecular formula is C28H33N5O. The maximum Gasteiger partial charge on any atom is 0.255 e. The van der Waals surface area contributed by atoms with Crippen LogP contribution in [0.3, 0.4) is 0 Å². The van der Waals surface area contributed by atoms with Crippen molar-refractivity contribution in [3.05, 3.63) is 83.3 Å². The zero-order chi connectivity index (χ0) is 23.8. The van der Waals surface area contributed by atoms with Gasteiger partial charge < -0.3 is 4.90 Å². The fourth-order valence-electron chi connectivity index (χ4n) is 5.09. The van der Waals surface area contributed by atoms with Crippen LogP contribution < -0.4 is 0 Å². The third-order valence-corrected chi connectivity index (χ3v) is 7.08. The highest BCUT2D eigenvalue weighted by molar-refractivity contribution is 5.99. The van der Waals surface area contributed by atoms with Gasteiger partial charge in [0.1, 0.15) is 0 Å². The molecule has 0 aliphatic carbocycles. The minimum Gasteiger partial charge on any atom is -0.301 e. The smallest absolute Gasteiger partial charge is 0.255 e. The SMILES string of the molecule is CCc1nc(C)cn2nc(C3=CC(=O)N4C=C(C5CCN(C(C)C)CC5)C=C/C4=C\C=C3)cc12. The summed E-state index contributed by atoms with van der Waals surface area (Å²) in [7, 11) is 0. The van der Waals surface area contributed by atoms with Gasteiger partial charge in [-0.2, -0.15) is 5.10 Å². The second kappa shape index (κ2) is 9.18. The number of hydrogen-bond donors (Lipinski definition) is 0. The van der Waals surface area contributed by atoms with Crippen molar-refractivity contribution in [3.8, 4) is 0 Å². The summed E-state index contributed by atoms with van der Waals surface area (Å²) in [5.41, 5.74) is 6.65. The van der Waals surface area contributed by atoms with Crippen LogP contribution in [0, 0.1) is 12.8 Å². The highest BCUT2D eigenvalue weighted by Crippen LogP contribution is 2.31. The average Bonchev–Trinajstić information content (AvgIpc) is 3.25. The van der Waals surface area contributed by atoms with Gasteiger partial charge in [-0.05, 0) is 82.8 Å². The van der Waals surface area contributed by atoms with E-state index in [-0.39, 0.29) is 5.91 Å². The lowest BCUT2D eigenvalue weighted by molar-refractivity contribution is -0.122. The Morgan fingerprint density at radius 1 is 1.15 bits per heavy atom. The molecule has 0 radical (unpaired) electrons. The minimum absolute atomic E-state index is 0.0471. The van der Waals surface area contributed by atoms with Crippen molar-refractivity contribution < 1.29 is 4.79 Å². The Balaban J connectivity index is 1.43. The molecule has 0 saturated carbocycles. The maximum atomic E-state index is 13.4. The average molecular weight is 456 g/mol. The Kier molecular flexibility index (Phi) is 6.09. The Bertz CT molecular complexity index is 1270. The maximum absolute atomic E-state index is 13.4. The molecule has 2 aromatic rings. The van der Waals surface area contributed by atoms with E-state index < -0.39 is 0 Å². The van der Waals surface area contributed by atoms with Gasteiger partial charge in [0.2, 0.25) is 0 Å². The van der Waals surface area contributed by atoms with E-state index in [9.17, 15) is 4.79 Å². The van der Waals surface area contributed by atoms with E-state index >= 15 is 0 Å². The van der Waals surface area contributed by atoms with Crippen LogP contribution in [0.4, 0.5) is 0 Å². The normalized spacial score (nSPS) is 21.3. The zero-order valence-corrected chi connectivity index (χ0v) is 20.5. The Morgan fingerprint density at radius 2 is 1.94 bits per heavy atom. The molecule has 1 fully saturated rings. The first-order chi connectivity index (χ1) is 16.4. The predicted octanol–water partition coefficient (Wildman–Crippen LogP) is 4.84. The molecule has 176 valence electrons. The Morgan fingerprint density at radius 3 is 2.68 bits per heavy atom. The van der Waals surface area contributed by atoms with Crippen LogP contribution in [0.15, 0.2) is 66.2 Å². The van der Waals surface area contributed by atoms with Gasteiger partial charge in [0, 0.05) is 29.6 Å². The van der Waals surface area contributed by atoms with Crippen molar-refractivity contribution in [1.82, 2.24) is 24.4 Å². The lowest BCUT2D eigenvalue weighted by atomic mass is 9.87. The van der Waals surface area contributed by atoms with E-state index in [1.165, 1.54) is 5.57 Å². The molecule has 1 saturated heterocycles. The molecule has 0 aromatic carbocycles. The number of nitrogens with zero attached hydrogens (tertiary/aromatic N) is 5. The number of hydrogen-bond acceptors (Lipinski definition) is 4. The van der Waals surface area contributed by atoms with E-state index in [0.29, 0.717) is 12.0 Å². The number of aryl methyl sites for hydroxylation is 2. The number of aromatic nitrogens is 3. The van der Waals surface area contributed by atoms with E-state index in [1.54, 1.807) is 11.0 Å². The second-order valence-electron chi connectivity index (χ2n) is 9.67. The summed E-state index contributed by atoms with van der Waals surface area (Å²) < 4.78 is 1.88. The first-order valence-electron chi connectivity index (χ1n) is 12.4. The lowest BCUT2D eigenvalue weighted by Gasteiger charge is -2.36. The molecule has 34 heavy (non-hydrogen) atoms. The first-order valence-corrected chi connectivity index (χ1v) is 12.4. The quantitative estimate of drug-likeness (QED) is 0.662. The van der Waals surface area contributed by atoms with Crippen molar-refractivity contribution in [2.75, 3.05) is 13.1 Å². The molecule has 0 unspecified atom stereocenters. The standard InChI is InChI=1S/C28H33N5O/c1-5-25-27-16-26(30-33(27)17-20(4)29-25)22-7-6-8-24-10-9-23(18-32(24)28(34)15-22)21-11-13-31(14-12-21)19(2)3/h6-10,15-19,21H,5,11-14H2,1-4H3/b7-6?,22-15?,24-8+. The molecule has 2 aromatic heterocycles. The van der Waals surface area contributed by atoms with E-state index in [1.807, 2.05) is 48.1 Å². The van der Waals surface area contributed by atoms with Crippen LogP contribution in [-0.4, -0.2) is 49.4 Å². The topological polar surface area (TPSA) is 53.7 Å². The van der Waals surface area contributed by atoms with E-state index in [2.05, 4.69) is 42.8 Å². The molecule has 6 nitrogen and oxygen atoms in total. The van der Waals surface area contributed by atoms with E-state index in [0.717, 1.165) is 66.2 Å². The fraction of sp³-hybridized carbons (Fsp3) is 0.393. The van der Waals surface area contributed by atoms with Crippen LogP contribution >= 0.6 is 0 Å². The summed E-state index contributed by atoms with van der Waals surface area (Å²) >= 11 is 0. The van der Waals surface area contributed by atoms with Crippen LogP contribution in [0.25, 0.3) is 11.1 Å². The molecule has 3 aliphatic heterocycles. The van der Waals surface area contributed by atoms with E-state index in [4.69, 9.17) is 5.10 Å². The summed E-state index contributed by atoms with van der Waals surface area (Å²) in [5.74, 6) is 0.445. The lowest BCUT2D eigenvalue weighted by Crippen LogP contribution is -2.39. The predicted molar refractivity (Wildman–Crippen MR) is 136 cm³/mol. The van der Waals surface area contributed by atoms with Gasteiger partial charge in [-0.3, -0.25) is 14.7 Å². The molecule has 0 atom stereocenters. The van der Waals surface area contributed by atoms with Crippen molar-refractivity contribution in [3.63, 3.8) is 0 Å². The first kappa shape index (κ1) is 22.5. The number of amides is 1. The van der Waals surface area contributed by atoms with Gasteiger partial charge in [-0.25, -0.2) is 4.52 Å². The molecule has 0 spiro atoms. The second-order valence-corrected chi connectivity index (χ2v) is 9.67. The number of fused-ring (bicyclic) bond motifs is 2.